The minimum absolute atomic E-state index is 0.0264. The molecule has 1 heterocycles. The Kier molecular flexibility index (Phi) is 2.09. The van der Waals surface area contributed by atoms with E-state index in [0.29, 0.717) is 0 Å². The van der Waals surface area contributed by atoms with Crippen LogP contribution < -0.4 is 5.14 Å². The lowest BCUT2D eigenvalue weighted by molar-refractivity contribution is 0.0685. The van der Waals surface area contributed by atoms with Crippen molar-refractivity contribution in [1.29, 1.82) is 0 Å². The molecule has 0 atom stereocenters. The van der Waals surface area contributed by atoms with Crippen molar-refractivity contribution in [3.05, 3.63) is 18.0 Å². The molecule has 1 saturated carbocycles. The van der Waals surface area contributed by atoms with E-state index in [1.807, 2.05) is 0 Å². The molecule has 1 fully saturated rings. The first-order chi connectivity index (χ1) is 6.89. The Bertz CT molecular complexity index is 513. The zero-order valence-corrected chi connectivity index (χ0v) is 8.57. The van der Waals surface area contributed by atoms with E-state index >= 15 is 0 Å². The van der Waals surface area contributed by atoms with E-state index in [0.717, 1.165) is 18.9 Å². The number of nitrogens with two attached hydrogens (primary N) is 1. The number of rotatable bonds is 3. The number of carbonyl (C=O) groups is 1. The van der Waals surface area contributed by atoms with Gasteiger partial charge in [0.05, 0.1) is 0 Å². The maximum atomic E-state index is 11.0. The fourth-order valence-corrected chi connectivity index (χ4v) is 1.97. The van der Waals surface area contributed by atoms with Crippen molar-refractivity contribution in [2.75, 3.05) is 0 Å². The molecule has 1 aliphatic rings. The molecule has 1 aromatic heterocycles. The third-order valence-electron chi connectivity index (χ3n) is 2.31. The number of hydrogen-bond donors (Lipinski definition) is 2. The number of carboxylic acids is 1. The number of primary sulfonamides is 1. The van der Waals surface area contributed by atoms with Crippen LogP contribution in [0.3, 0.4) is 0 Å². The summed E-state index contributed by atoms with van der Waals surface area (Å²) in [4.78, 5) is 10.7. The van der Waals surface area contributed by atoms with Gasteiger partial charge in [-0.3, -0.25) is 0 Å². The summed E-state index contributed by atoms with van der Waals surface area (Å²) in [7, 11) is -3.83. The summed E-state index contributed by atoms with van der Waals surface area (Å²) in [5.41, 5.74) is -0.0264. The zero-order valence-electron chi connectivity index (χ0n) is 7.75. The van der Waals surface area contributed by atoms with Crippen molar-refractivity contribution in [2.24, 2.45) is 5.14 Å². The Morgan fingerprint density at radius 2 is 2.13 bits per heavy atom. The molecular formula is C8H10N2O4S. The Balaban J connectivity index is 2.54. The van der Waals surface area contributed by atoms with Crippen molar-refractivity contribution in [1.82, 2.24) is 4.57 Å². The molecule has 7 heteroatoms. The lowest BCUT2D eigenvalue weighted by Gasteiger charge is -2.01. The summed E-state index contributed by atoms with van der Waals surface area (Å²) in [6.07, 6.45) is 3.04. The first kappa shape index (κ1) is 10.2. The van der Waals surface area contributed by atoms with E-state index in [9.17, 15) is 13.2 Å². The van der Waals surface area contributed by atoms with Crippen LogP contribution in [0.15, 0.2) is 17.2 Å². The fourth-order valence-electron chi connectivity index (χ4n) is 1.44. The number of nitrogens with zero attached hydrogens (tertiary/aromatic N) is 1. The summed E-state index contributed by atoms with van der Waals surface area (Å²) < 4.78 is 23.5. The molecule has 82 valence electrons. The lowest BCUT2D eigenvalue weighted by atomic mass is 10.4. The second-order valence-electron chi connectivity index (χ2n) is 3.55. The Labute approximate surface area is 86.4 Å². The second-order valence-corrected chi connectivity index (χ2v) is 5.11. The number of carboxylic acid groups (broad SMARTS) is 1. The monoisotopic (exact) mass is 230 g/mol. The maximum absolute atomic E-state index is 11.0. The molecule has 0 amide bonds. The van der Waals surface area contributed by atoms with E-state index in [1.165, 1.54) is 10.8 Å². The molecule has 3 N–H and O–H groups in total. The lowest BCUT2D eigenvalue weighted by Crippen LogP contribution is -2.11. The van der Waals surface area contributed by atoms with Gasteiger partial charge < -0.3 is 9.67 Å². The van der Waals surface area contributed by atoms with Gasteiger partial charge in [-0.05, 0) is 18.9 Å². The molecule has 0 saturated heterocycles. The maximum Gasteiger partial charge on any atom is 0.352 e. The van der Waals surface area contributed by atoms with Gasteiger partial charge in [0.2, 0.25) is 10.0 Å². The van der Waals surface area contributed by atoms with E-state index in [1.54, 1.807) is 0 Å². The van der Waals surface area contributed by atoms with Gasteiger partial charge in [0.15, 0.2) is 0 Å². The van der Waals surface area contributed by atoms with Gasteiger partial charge in [0.1, 0.15) is 10.6 Å². The fraction of sp³-hybridized carbons (Fsp3) is 0.375. The van der Waals surface area contributed by atoms with Gasteiger partial charge >= 0.3 is 5.97 Å². The molecule has 0 aliphatic heterocycles. The smallest absolute Gasteiger partial charge is 0.352 e. The number of aromatic nitrogens is 1. The third-order valence-corrected chi connectivity index (χ3v) is 3.19. The van der Waals surface area contributed by atoms with Gasteiger partial charge in [0, 0.05) is 12.2 Å². The molecule has 6 nitrogen and oxygen atoms in total. The summed E-state index contributed by atoms with van der Waals surface area (Å²) >= 11 is 0. The summed E-state index contributed by atoms with van der Waals surface area (Å²) in [6.45, 7) is 0. The average molecular weight is 230 g/mol. The van der Waals surface area contributed by atoms with Crippen LogP contribution in [0.5, 0.6) is 0 Å². The molecule has 1 aromatic rings. The predicted molar refractivity (Wildman–Crippen MR) is 51.0 cm³/mol. The van der Waals surface area contributed by atoms with Crippen LogP contribution in [0.4, 0.5) is 0 Å². The van der Waals surface area contributed by atoms with Crippen LogP contribution >= 0.6 is 0 Å². The van der Waals surface area contributed by atoms with E-state index in [2.05, 4.69) is 0 Å². The summed E-state index contributed by atoms with van der Waals surface area (Å²) in [5.74, 6) is -1.14. The van der Waals surface area contributed by atoms with Gasteiger partial charge in [-0.1, -0.05) is 0 Å². The first-order valence-electron chi connectivity index (χ1n) is 4.37. The Hall–Kier alpha value is -1.34. The van der Waals surface area contributed by atoms with Crippen LogP contribution in [0.2, 0.25) is 0 Å². The van der Waals surface area contributed by atoms with Crippen LogP contribution in [-0.2, 0) is 10.0 Å². The SMILES string of the molecule is NS(=O)(=O)c1cc(C(=O)O)n(C2CC2)c1. The topological polar surface area (TPSA) is 102 Å². The number of hydrogen-bond acceptors (Lipinski definition) is 3. The van der Waals surface area contributed by atoms with Crippen LogP contribution in [-0.4, -0.2) is 24.1 Å². The van der Waals surface area contributed by atoms with E-state index in [-0.39, 0.29) is 16.6 Å². The molecule has 1 aliphatic carbocycles. The molecule has 2 rings (SSSR count). The highest BCUT2D eigenvalue weighted by atomic mass is 32.2. The average Bonchev–Trinajstić information content (AvgIpc) is 2.81. The van der Waals surface area contributed by atoms with Crippen LogP contribution in [0, 0.1) is 0 Å². The second kappa shape index (κ2) is 3.07. The highest BCUT2D eigenvalue weighted by molar-refractivity contribution is 7.89. The summed E-state index contributed by atoms with van der Waals surface area (Å²) in [5, 5.41) is 13.8. The molecule has 0 aromatic carbocycles. The molecule has 0 radical (unpaired) electrons. The normalized spacial score (nSPS) is 16.6. The molecular weight excluding hydrogens is 220 g/mol. The van der Waals surface area contributed by atoms with Gasteiger partial charge in [-0.15, -0.1) is 0 Å². The van der Waals surface area contributed by atoms with Gasteiger partial charge in [-0.2, -0.15) is 0 Å². The van der Waals surface area contributed by atoms with Crippen molar-refractivity contribution in [3.8, 4) is 0 Å². The zero-order chi connectivity index (χ0) is 11.2. The Morgan fingerprint density at radius 1 is 1.53 bits per heavy atom. The third kappa shape index (κ3) is 1.88. The minimum atomic E-state index is -3.83. The standard InChI is InChI=1S/C8H10N2O4S/c9-15(13,14)6-3-7(8(11)12)10(4-6)5-1-2-5/h3-5H,1-2H2,(H,11,12)(H2,9,13,14). The van der Waals surface area contributed by atoms with Gasteiger partial charge in [-0.25, -0.2) is 18.4 Å². The van der Waals surface area contributed by atoms with E-state index < -0.39 is 16.0 Å². The number of sulfonamides is 1. The van der Waals surface area contributed by atoms with Crippen molar-refractivity contribution in [2.45, 2.75) is 23.8 Å². The molecule has 0 bridgehead atoms. The van der Waals surface area contributed by atoms with Crippen molar-refractivity contribution >= 4 is 16.0 Å². The molecule has 0 spiro atoms. The minimum Gasteiger partial charge on any atom is -0.477 e. The van der Waals surface area contributed by atoms with E-state index in [4.69, 9.17) is 10.2 Å². The van der Waals surface area contributed by atoms with Crippen LogP contribution in [0.25, 0.3) is 0 Å². The van der Waals surface area contributed by atoms with Crippen molar-refractivity contribution in [3.63, 3.8) is 0 Å². The van der Waals surface area contributed by atoms with Crippen LogP contribution in [0.1, 0.15) is 29.4 Å². The predicted octanol–water partition coefficient (Wildman–Crippen LogP) is 0.169. The highest BCUT2D eigenvalue weighted by Crippen LogP contribution is 2.37. The number of aromatic carboxylic acids is 1. The summed E-state index contributed by atoms with van der Waals surface area (Å²) in [6, 6.07) is 1.20. The molecule has 15 heavy (non-hydrogen) atoms. The first-order valence-corrected chi connectivity index (χ1v) is 5.92. The quantitative estimate of drug-likeness (QED) is 0.772. The highest BCUT2D eigenvalue weighted by Gasteiger charge is 2.29. The largest absolute Gasteiger partial charge is 0.477 e. The Morgan fingerprint density at radius 3 is 2.53 bits per heavy atom. The van der Waals surface area contributed by atoms with Crippen molar-refractivity contribution < 1.29 is 18.3 Å². The van der Waals surface area contributed by atoms with Gasteiger partial charge in [0.25, 0.3) is 0 Å². The molecule has 0 unspecified atom stereocenters.